The van der Waals surface area contributed by atoms with Gasteiger partial charge in [-0.2, -0.15) is 0 Å². The molecule has 4 heterocycles. The van der Waals surface area contributed by atoms with Gasteiger partial charge in [0, 0.05) is 36.5 Å². The van der Waals surface area contributed by atoms with Gasteiger partial charge in [0.15, 0.2) is 5.11 Å². The van der Waals surface area contributed by atoms with Gasteiger partial charge >= 0.3 is 0 Å². The molecule has 0 unspecified atom stereocenters. The third-order valence-electron chi connectivity index (χ3n) is 6.23. The molecule has 0 amide bonds. The molecule has 2 N–H and O–H groups in total. The maximum absolute atomic E-state index is 10.7. The summed E-state index contributed by atoms with van der Waals surface area (Å²) >= 11 is 5.78. The van der Waals surface area contributed by atoms with Crippen molar-refractivity contribution < 1.29 is 5.11 Å². The molecule has 166 valence electrons. The van der Waals surface area contributed by atoms with Crippen LogP contribution in [0.3, 0.4) is 0 Å². The Labute approximate surface area is 198 Å². The van der Waals surface area contributed by atoms with Gasteiger partial charge in [0.1, 0.15) is 5.75 Å². The molecule has 33 heavy (non-hydrogen) atoms. The highest BCUT2D eigenvalue weighted by Gasteiger charge is 2.42. The molecule has 0 saturated carbocycles. The fourth-order valence-corrected chi connectivity index (χ4v) is 4.98. The standard InChI is InChI=1S/C26H25N5OS/c1-17-14-20(18(2)30(17)16-19-8-7-12-27-15-19)25-24(21-9-5-6-13-28-21)29-26(33)31(25)22-10-3-4-11-23(22)32/h3-15,24-25,32H,16H2,1-2H3,(H,29,33)/t24-,25-/m1/s1. The first kappa shape index (κ1) is 21.2. The van der Waals surface area contributed by atoms with Crippen molar-refractivity contribution >= 4 is 23.0 Å². The first-order chi connectivity index (χ1) is 16.0. The van der Waals surface area contributed by atoms with Crippen LogP contribution in [0.5, 0.6) is 5.75 Å². The molecule has 0 radical (unpaired) electrons. The summed E-state index contributed by atoms with van der Waals surface area (Å²) < 4.78 is 2.30. The Morgan fingerprint density at radius 2 is 1.85 bits per heavy atom. The molecular weight excluding hydrogens is 430 g/mol. The molecule has 2 atom stereocenters. The molecule has 3 aromatic heterocycles. The zero-order valence-corrected chi connectivity index (χ0v) is 19.3. The number of nitrogens with one attached hydrogen (secondary N) is 1. The molecule has 0 bridgehead atoms. The number of benzene rings is 1. The maximum Gasteiger partial charge on any atom is 0.174 e. The van der Waals surface area contributed by atoms with Crippen molar-refractivity contribution in [3.05, 3.63) is 107 Å². The molecule has 1 saturated heterocycles. The summed E-state index contributed by atoms with van der Waals surface area (Å²) in [6.07, 6.45) is 5.48. The number of hydrogen-bond donors (Lipinski definition) is 2. The van der Waals surface area contributed by atoms with E-state index in [4.69, 9.17) is 12.2 Å². The Morgan fingerprint density at radius 1 is 1.03 bits per heavy atom. The van der Waals surface area contributed by atoms with E-state index in [0.717, 1.165) is 34.8 Å². The second-order valence-corrected chi connectivity index (χ2v) is 8.65. The normalized spacial score (nSPS) is 17.9. The predicted molar refractivity (Wildman–Crippen MR) is 133 cm³/mol. The van der Waals surface area contributed by atoms with Crippen LogP contribution in [0.25, 0.3) is 0 Å². The molecule has 1 fully saturated rings. The van der Waals surface area contributed by atoms with E-state index in [1.165, 1.54) is 0 Å². The van der Waals surface area contributed by atoms with Gasteiger partial charge in [0.25, 0.3) is 0 Å². The van der Waals surface area contributed by atoms with Crippen LogP contribution in [0.2, 0.25) is 0 Å². The largest absolute Gasteiger partial charge is 0.506 e. The number of pyridine rings is 2. The van der Waals surface area contributed by atoms with Crippen molar-refractivity contribution in [2.24, 2.45) is 0 Å². The van der Waals surface area contributed by atoms with E-state index < -0.39 is 0 Å². The van der Waals surface area contributed by atoms with Crippen molar-refractivity contribution in [3.63, 3.8) is 0 Å². The van der Waals surface area contributed by atoms with E-state index in [2.05, 4.69) is 45.8 Å². The van der Waals surface area contributed by atoms with Gasteiger partial charge in [-0.25, -0.2) is 0 Å². The zero-order chi connectivity index (χ0) is 22.9. The quantitative estimate of drug-likeness (QED) is 0.421. The highest BCUT2D eigenvalue weighted by molar-refractivity contribution is 7.80. The molecular formula is C26H25N5OS. The zero-order valence-electron chi connectivity index (χ0n) is 18.5. The van der Waals surface area contributed by atoms with Gasteiger partial charge in [-0.05, 0) is 73.6 Å². The van der Waals surface area contributed by atoms with Crippen LogP contribution in [0.4, 0.5) is 5.69 Å². The van der Waals surface area contributed by atoms with Crippen LogP contribution in [-0.2, 0) is 6.54 Å². The summed E-state index contributed by atoms with van der Waals surface area (Å²) in [4.78, 5) is 10.9. The average molecular weight is 456 g/mol. The Kier molecular flexibility index (Phi) is 5.56. The van der Waals surface area contributed by atoms with Gasteiger partial charge in [0.05, 0.1) is 23.5 Å². The van der Waals surface area contributed by atoms with Crippen LogP contribution in [0, 0.1) is 13.8 Å². The van der Waals surface area contributed by atoms with Gasteiger partial charge < -0.3 is 19.9 Å². The smallest absolute Gasteiger partial charge is 0.174 e. The third-order valence-corrected chi connectivity index (χ3v) is 6.55. The lowest BCUT2D eigenvalue weighted by molar-refractivity contribution is 0.472. The van der Waals surface area contributed by atoms with Crippen LogP contribution in [0.15, 0.2) is 79.3 Å². The predicted octanol–water partition coefficient (Wildman–Crippen LogP) is 4.83. The Hall–Kier alpha value is -3.71. The minimum absolute atomic E-state index is 0.161. The van der Waals surface area contributed by atoms with Gasteiger partial charge in [-0.3, -0.25) is 9.97 Å². The van der Waals surface area contributed by atoms with Crippen molar-refractivity contribution in [1.82, 2.24) is 19.9 Å². The van der Waals surface area contributed by atoms with E-state index in [0.29, 0.717) is 10.8 Å². The number of nitrogens with zero attached hydrogens (tertiary/aromatic N) is 4. The lowest BCUT2D eigenvalue weighted by atomic mass is 9.96. The van der Waals surface area contributed by atoms with Crippen LogP contribution in [-0.4, -0.2) is 24.8 Å². The number of para-hydroxylation sites is 2. The topological polar surface area (TPSA) is 66.2 Å². The van der Waals surface area contributed by atoms with E-state index in [1.807, 2.05) is 53.6 Å². The molecule has 0 aliphatic carbocycles. The summed E-state index contributed by atoms with van der Waals surface area (Å²) in [5, 5.41) is 14.7. The Bertz CT molecular complexity index is 1290. The fraction of sp³-hybridized carbons (Fsp3) is 0.192. The maximum atomic E-state index is 10.7. The second-order valence-electron chi connectivity index (χ2n) is 8.26. The Balaban J connectivity index is 1.64. The van der Waals surface area contributed by atoms with Crippen LogP contribution < -0.4 is 10.2 Å². The first-order valence-corrected chi connectivity index (χ1v) is 11.3. The number of hydrogen-bond acceptors (Lipinski definition) is 4. The molecule has 1 aliphatic rings. The van der Waals surface area contributed by atoms with Crippen molar-refractivity contribution in [2.75, 3.05) is 4.90 Å². The number of aromatic nitrogens is 3. The number of aromatic hydroxyl groups is 1. The summed E-state index contributed by atoms with van der Waals surface area (Å²) in [6, 6.07) is 19.1. The second kappa shape index (κ2) is 8.67. The molecule has 0 spiro atoms. The van der Waals surface area contributed by atoms with Gasteiger partial charge in [-0.15, -0.1) is 0 Å². The summed E-state index contributed by atoms with van der Waals surface area (Å²) in [7, 11) is 0. The number of rotatable bonds is 5. The monoisotopic (exact) mass is 455 g/mol. The van der Waals surface area contributed by atoms with Crippen molar-refractivity contribution in [3.8, 4) is 5.75 Å². The summed E-state index contributed by atoms with van der Waals surface area (Å²) in [6.45, 7) is 4.99. The van der Waals surface area contributed by atoms with Gasteiger partial charge in [0.2, 0.25) is 0 Å². The van der Waals surface area contributed by atoms with E-state index in [1.54, 1.807) is 18.5 Å². The number of thiocarbonyl (C=S) groups is 1. The van der Waals surface area contributed by atoms with E-state index in [-0.39, 0.29) is 17.8 Å². The van der Waals surface area contributed by atoms with Gasteiger partial charge in [-0.1, -0.05) is 24.3 Å². The van der Waals surface area contributed by atoms with Crippen LogP contribution >= 0.6 is 12.2 Å². The molecule has 5 rings (SSSR count). The fourth-order valence-electron chi connectivity index (χ4n) is 4.64. The SMILES string of the molecule is Cc1cc([C@@H]2[C@@H](c3ccccn3)NC(=S)N2c2ccccc2O)c(C)n1Cc1cccnc1. The van der Waals surface area contributed by atoms with Crippen LogP contribution in [0.1, 0.15) is 40.3 Å². The highest BCUT2D eigenvalue weighted by atomic mass is 32.1. The minimum Gasteiger partial charge on any atom is -0.506 e. The molecule has 6 nitrogen and oxygen atoms in total. The lowest BCUT2D eigenvalue weighted by Gasteiger charge is -2.28. The minimum atomic E-state index is -0.172. The highest BCUT2D eigenvalue weighted by Crippen LogP contribution is 2.45. The number of phenolic OH excluding ortho intramolecular Hbond substituents is 1. The van der Waals surface area contributed by atoms with E-state index in [9.17, 15) is 5.11 Å². The molecule has 1 aromatic carbocycles. The van der Waals surface area contributed by atoms with E-state index >= 15 is 0 Å². The molecule has 1 aliphatic heterocycles. The number of phenols is 1. The summed E-state index contributed by atoms with van der Waals surface area (Å²) in [5.74, 6) is 0.192. The summed E-state index contributed by atoms with van der Waals surface area (Å²) in [5.41, 5.74) is 6.16. The first-order valence-electron chi connectivity index (χ1n) is 10.9. The number of aryl methyl sites for hydroxylation is 1. The number of anilines is 1. The third kappa shape index (κ3) is 3.85. The Morgan fingerprint density at radius 3 is 2.58 bits per heavy atom. The molecule has 4 aromatic rings. The van der Waals surface area contributed by atoms with Crippen molar-refractivity contribution in [2.45, 2.75) is 32.5 Å². The lowest BCUT2D eigenvalue weighted by Crippen LogP contribution is -2.29. The van der Waals surface area contributed by atoms with Crippen molar-refractivity contribution in [1.29, 1.82) is 0 Å². The average Bonchev–Trinajstić information content (AvgIpc) is 3.31. The molecule has 7 heteroatoms.